The standard InChI is InChI=1S/C39H40O10/c1-9-27(8)39(43)49-35-23-32(28-10-14-30(15-11-28)44-18-20-46-36(40)24(2)3)34(48-38(42)26(6)7)22-33(35)29-12-16-31(17-13-29)45-19-21-47-37(41)25(4)5/h10-17,22-23H,2,4,6,8-9,18-21H2,1,3,5,7H3. The Morgan fingerprint density at radius 2 is 0.898 bits per heavy atom. The lowest BCUT2D eigenvalue weighted by atomic mass is 9.97. The van der Waals surface area contributed by atoms with Crippen LogP contribution in [-0.4, -0.2) is 50.3 Å². The number of ether oxygens (including phenoxy) is 6. The first-order valence-corrected chi connectivity index (χ1v) is 15.4. The molecule has 0 aliphatic heterocycles. The molecule has 10 heteroatoms. The molecule has 0 unspecified atom stereocenters. The van der Waals surface area contributed by atoms with Crippen molar-refractivity contribution in [2.75, 3.05) is 26.4 Å². The topological polar surface area (TPSA) is 124 Å². The maximum atomic E-state index is 12.9. The van der Waals surface area contributed by atoms with Crippen LogP contribution in [-0.2, 0) is 28.7 Å². The Kier molecular flexibility index (Phi) is 13.7. The van der Waals surface area contributed by atoms with Crippen LogP contribution in [0.4, 0.5) is 0 Å². The Hall–Kier alpha value is -5.90. The zero-order chi connectivity index (χ0) is 36.1. The van der Waals surface area contributed by atoms with E-state index >= 15 is 0 Å². The van der Waals surface area contributed by atoms with Crippen LogP contribution in [0, 0.1) is 0 Å². The summed E-state index contributed by atoms with van der Waals surface area (Å²) in [4.78, 5) is 48.9. The summed E-state index contributed by atoms with van der Waals surface area (Å²) in [5.74, 6) is -0.840. The molecule has 0 aliphatic carbocycles. The van der Waals surface area contributed by atoms with E-state index in [2.05, 4.69) is 26.3 Å². The van der Waals surface area contributed by atoms with Gasteiger partial charge >= 0.3 is 23.9 Å². The highest BCUT2D eigenvalue weighted by molar-refractivity contribution is 5.94. The lowest BCUT2D eigenvalue weighted by molar-refractivity contribution is -0.140. The highest BCUT2D eigenvalue weighted by atomic mass is 16.6. The second kappa shape index (κ2) is 17.9. The van der Waals surface area contributed by atoms with Crippen molar-refractivity contribution in [3.63, 3.8) is 0 Å². The highest BCUT2D eigenvalue weighted by Gasteiger charge is 2.21. The van der Waals surface area contributed by atoms with Crippen LogP contribution >= 0.6 is 0 Å². The lowest BCUT2D eigenvalue weighted by Crippen LogP contribution is -2.13. The Bertz CT molecular complexity index is 1750. The molecule has 3 aromatic rings. The predicted octanol–water partition coefficient (Wildman–Crippen LogP) is 7.37. The second-order valence-electron chi connectivity index (χ2n) is 10.9. The molecule has 49 heavy (non-hydrogen) atoms. The average molecular weight is 669 g/mol. The predicted molar refractivity (Wildman–Crippen MR) is 185 cm³/mol. The summed E-state index contributed by atoms with van der Waals surface area (Å²) in [7, 11) is 0. The third-order valence-electron chi connectivity index (χ3n) is 6.75. The SMILES string of the molecule is C=C(C)C(=O)OCCOc1ccc(-c2cc(OC(=O)C(=C)CC)c(-c3ccc(OCCOC(=O)C(=C)C)cc3)cc2OC(=O)C(=C)C)cc1. The van der Waals surface area contributed by atoms with E-state index in [9.17, 15) is 19.2 Å². The first kappa shape index (κ1) is 37.6. The molecule has 0 spiro atoms. The minimum Gasteiger partial charge on any atom is -0.490 e. The van der Waals surface area contributed by atoms with Crippen LogP contribution in [0.2, 0.25) is 0 Å². The molecule has 0 N–H and O–H groups in total. The maximum Gasteiger partial charge on any atom is 0.338 e. The van der Waals surface area contributed by atoms with Crippen molar-refractivity contribution in [3.05, 3.63) is 109 Å². The van der Waals surface area contributed by atoms with Crippen LogP contribution in [0.3, 0.4) is 0 Å². The third kappa shape index (κ3) is 11.1. The molecule has 10 nitrogen and oxygen atoms in total. The molecular formula is C39H40O10. The summed E-state index contributed by atoms with van der Waals surface area (Å²) >= 11 is 0. The normalized spacial score (nSPS) is 10.3. The number of hydrogen-bond donors (Lipinski definition) is 0. The van der Waals surface area contributed by atoms with Crippen LogP contribution in [0.25, 0.3) is 22.3 Å². The van der Waals surface area contributed by atoms with Gasteiger partial charge in [0.05, 0.1) is 0 Å². The van der Waals surface area contributed by atoms with Gasteiger partial charge in [-0.25, -0.2) is 19.2 Å². The van der Waals surface area contributed by atoms with Gasteiger partial charge in [-0.15, -0.1) is 0 Å². The molecule has 3 rings (SSSR count). The monoisotopic (exact) mass is 668 g/mol. The largest absolute Gasteiger partial charge is 0.490 e. The second-order valence-corrected chi connectivity index (χ2v) is 10.9. The summed E-state index contributed by atoms with van der Waals surface area (Å²) in [6.07, 6.45) is 0.386. The molecular weight excluding hydrogens is 628 g/mol. The van der Waals surface area contributed by atoms with Gasteiger partial charge in [0.25, 0.3) is 0 Å². The summed E-state index contributed by atoms with van der Waals surface area (Å²) in [5.41, 5.74) is 3.21. The molecule has 3 aromatic carbocycles. The van der Waals surface area contributed by atoms with Crippen molar-refractivity contribution in [3.8, 4) is 45.3 Å². The van der Waals surface area contributed by atoms with Gasteiger partial charge < -0.3 is 28.4 Å². The van der Waals surface area contributed by atoms with E-state index < -0.39 is 23.9 Å². The zero-order valence-electron chi connectivity index (χ0n) is 28.2. The van der Waals surface area contributed by atoms with E-state index in [1.807, 2.05) is 0 Å². The van der Waals surface area contributed by atoms with Gasteiger partial charge in [0.1, 0.15) is 49.4 Å². The fourth-order valence-electron chi connectivity index (χ4n) is 3.98. The number of carbonyl (C=O) groups is 4. The molecule has 0 aromatic heterocycles. The molecule has 0 heterocycles. The molecule has 0 saturated carbocycles. The summed E-state index contributed by atoms with van der Waals surface area (Å²) in [6, 6.07) is 17.0. The van der Waals surface area contributed by atoms with Crippen molar-refractivity contribution < 1.29 is 47.6 Å². The van der Waals surface area contributed by atoms with Gasteiger partial charge in [0.15, 0.2) is 0 Å². The van der Waals surface area contributed by atoms with E-state index in [4.69, 9.17) is 28.4 Å². The Morgan fingerprint density at radius 3 is 1.24 bits per heavy atom. The summed E-state index contributed by atoms with van der Waals surface area (Å²) < 4.78 is 33.1. The molecule has 0 bridgehead atoms. The van der Waals surface area contributed by atoms with Crippen molar-refractivity contribution in [1.82, 2.24) is 0 Å². The molecule has 0 aliphatic rings. The van der Waals surface area contributed by atoms with Gasteiger partial charge in [-0.3, -0.25) is 0 Å². The number of hydrogen-bond acceptors (Lipinski definition) is 10. The Morgan fingerprint density at radius 1 is 0.531 bits per heavy atom. The van der Waals surface area contributed by atoms with Crippen molar-refractivity contribution in [2.24, 2.45) is 0 Å². The van der Waals surface area contributed by atoms with Crippen LogP contribution in [0.1, 0.15) is 34.1 Å². The first-order valence-electron chi connectivity index (χ1n) is 15.4. The molecule has 0 amide bonds. The summed E-state index contributed by atoms with van der Waals surface area (Å²) in [6.45, 7) is 21.4. The van der Waals surface area contributed by atoms with Crippen LogP contribution < -0.4 is 18.9 Å². The van der Waals surface area contributed by atoms with Gasteiger partial charge in [-0.05, 0) is 74.7 Å². The van der Waals surface area contributed by atoms with Crippen molar-refractivity contribution >= 4 is 23.9 Å². The molecule has 256 valence electrons. The van der Waals surface area contributed by atoms with Crippen LogP contribution in [0.15, 0.2) is 109 Å². The smallest absolute Gasteiger partial charge is 0.338 e. The minimum absolute atomic E-state index is 0.0473. The van der Waals surface area contributed by atoms with Gasteiger partial charge in [-0.1, -0.05) is 57.5 Å². The first-order chi connectivity index (χ1) is 23.3. The number of esters is 4. The van der Waals surface area contributed by atoms with Gasteiger partial charge in [0, 0.05) is 33.4 Å². The average Bonchev–Trinajstić information content (AvgIpc) is 3.08. The Labute approximate surface area is 286 Å². The van der Waals surface area contributed by atoms with E-state index in [-0.39, 0.29) is 49.1 Å². The minimum atomic E-state index is -0.642. The molecule has 0 saturated heterocycles. The number of rotatable bonds is 17. The van der Waals surface area contributed by atoms with Crippen molar-refractivity contribution in [2.45, 2.75) is 34.1 Å². The number of benzene rings is 3. The third-order valence-corrected chi connectivity index (χ3v) is 6.75. The maximum absolute atomic E-state index is 12.9. The zero-order valence-corrected chi connectivity index (χ0v) is 28.2. The fraction of sp³-hybridized carbons (Fsp3) is 0.231. The quantitative estimate of drug-likeness (QED) is 0.0623. The summed E-state index contributed by atoms with van der Waals surface area (Å²) in [5, 5.41) is 0. The highest BCUT2D eigenvalue weighted by Crippen LogP contribution is 2.42. The van der Waals surface area contributed by atoms with Gasteiger partial charge in [-0.2, -0.15) is 0 Å². The molecule has 0 fully saturated rings. The van der Waals surface area contributed by atoms with Gasteiger partial charge in [0.2, 0.25) is 0 Å². The van der Waals surface area contributed by atoms with Crippen LogP contribution in [0.5, 0.6) is 23.0 Å². The van der Waals surface area contributed by atoms with E-state index in [1.165, 1.54) is 6.92 Å². The fourth-order valence-corrected chi connectivity index (χ4v) is 3.98. The van der Waals surface area contributed by atoms with E-state index in [0.717, 1.165) is 0 Å². The lowest BCUT2D eigenvalue weighted by Gasteiger charge is -2.18. The van der Waals surface area contributed by atoms with Crippen molar-refractivity contribution in [1.29, 1.82) is 0 Å². The molecule has 0 radical (unpaired) electrons. The molecule has 0 atom stereocenters. The van der Waals surface area contributed by atoms with E-state index in [0.29, 0.717) is 51.3 Å². The van der Waals surface area contributed by atoms with E-state index in [1.54, 1.807) is 81.4 Å². The Balaban J connectivity index is 1.97. The number of carbonyl (C=O) groups excluding carboxylic acids is 4.